The molecule has 2 N–H and O–H groups in total. The maximum atomic E-state index is 12.4. The number of halogens is 1. The van der Waals surface area contributed by atoms with E-state index in [4.69, 9.17) is 5.73 Å². The molecule has 1 aromatic carbocycles. The molecular weight excluding hydrogens is 272 g/mol. The predicted molar refractivity (Wildman–Crippen MR) is 85.1 cm³/mol. The van der Waals surface area contributed by atoms with Gasteiger partial charge in [0.2, 0.25) is 5.91 Å². The van der Waals surface area contributed by atoms with Crippen LogP contribution in [-0.4, -0.2) is 29.4 Å². The second-order valence-corrected chi connectivity index (χ2v) is 5.67. The molecule has 2 rings (SSSR count). The number of carbonyl (C=O) groups excluding carboxylic acids is 1. The highest BCUT2D eigenvalue weighted by molar-refractivity contribution is 5.85. The number of rotatable bonds is 3. The smallest absolute Gasteiger partial charge is 0.227 e. The van der Waals surface area contributed by atoms with Gasteiger partial charge in [-0.1, -0.05) is 29.8 Å². The van der Waals surface area contributed by atoms with Gasteiger partial charge >= 0.3 is 0 Å². The summed E-state index contributed by atoms with van der Waals surface area (Å²) >= 11 is 0. The highest BCUT2D eigenvalue weighted by Crippen LogP contribution is 2.20. The number of hydrogen-bond acceptors (Lipinski definition) is 2. The average molecular weight is 297 g/mol. The molecule has 0 saturated carbocycles. The zero-order valence-electron chi connectivity index (χ0n) is 12.3. The monoisotopic (exact) mass is 296 g/mol. The minimum Gasteiger partial charge on any atom is -0.338 e. The summed E-state index contributed by atoms with van der Waals surface area (Å²) in [5.41, 5.74) is 8.33. The van der Waals surface area contributed by atoms with Crippen LogP contribution in [0.5, 0.6) is 0 Å². The van der Waals surface area contributed by atoms with Gasteiger partial charge in [-0.2, -0.15) is 0 Å². The Morgan fingerprint density at radius 2 is 2.00 bits per heavy atom. The lowest BCUT2D eigenvalue weighted by atomic mass is 9.96. The average Bonchev–Trinajstić information content (AvgIpc) is 2.41. The van der Waals surface area contributed by atoms with Crippen molar-refractivity contribution < 1.29 is 4.79 Å². The molecule has 3 nitrogen and oxygen atoms in total. The molecule has 4 heteroatoms. The van der Waals surface area contributed by atoms with Crippen molar-refractivity contribution >= 4 is 18.3 Å². The fraction of sp³-hybridized carbons (Fsp3) is 0.562. The predicted octanol–water partition coefficient (Wildman–Crippen LogP) is 2.69. The van der Waals surface area contributed by atoms with E-state index < -0.39 is 0 Å². The Kier molecular flexibility index (Phi) is 6.50. The van der Waals surface area contributed by atoms with Gasteiger partial charge in [-0.3, -0.25) is 4.79 Å². The summed E-state index contributed by atoms with van der Waals surface area (Å²) in [6.07, 6.45) is 3.81. The van der Waals surface area contributed by atoms with Crippen molar-refractivity contribution in [2.24, 2.45) is 5.73 Å². The number of carbonyl (C=O) groups is 1. The Balaban J connectivity index is 0.00000200. The molecule has 0 spiro atoms. The van der Waals surface area contributed by atoms with E-state index in [1.165, 1.54) is 12.0 Å². The minimum absolute atomic E-state index is 0. The number of aryl methyl sites for hydroxylation is 1. The van der Waals surface area contributed by atoms with Gasteiger partial charge in [-0.15, -0.1) is 12.4 Å². The van der Waals surface area contributed by atoms with Crippen LogP contribution >= 0.6 is 12.4 Å². The summed E-state index contributed by atoms with van der Waals surface area (Å²) in [6.45, 7) is 4.92. The molecule has 0 aromatic heterocycles. The van der Waals surface area contributed by atoms with Gasteiger partial charge in [-0.05, 0) is 38.7 Å². The van der Waals surface area contributed by atoms with Crippen molar-refractivity contribution in [1.82, 2.24) is 4.90 Å². The maximum absolute atomic E-state index is 12.4. The molecule has 0 bridgehead atoms. The van der Waals surface area contributed by atoms with E-state index in [9.17, 15) is 4.79 Å². The lowest BCUT2D eigenvalue weighted by Gasteiger charge is -2.38. The van der Waals surface area contributed by atoms with E-state index in [0.717, 1.165) is 24.9 Å². The summed E-state index contributed by atoms with van der Waals surface area (Å²) in [5, 5.41) is 0. The lowest BCUT2D eigenvalue weighted by molar-refractivity contribution is -0.134. The number of nitrogens with two attached hydrogens (primary N) is 1. The van der Waals surface area contributed by atoms with E-state index in [-0.39, 0.29) is 30.4 Å². The number of hydrogen-bond donors (Lipinski definition) is 1. The number of likely N-dealkylation sites (tertiary alicyclic amines) is 1. The molecule has 20 heavy (non-hydrogen) atoms. The Labute approximate surface area is 127 Å². The zero-order valence-corrected chi connectivity index (χ0v) is 13.2. The van der Waals surface area contributed by atoms with Gasteiger partial charge in [0.15, 0.2) is 0 Å². The van der Waals surface area contributed by atoms with Gasteiger partial charge in [-0.25, -0.2) is 0 Å². The van der Waals surface area contributed by atoms with Crippen LogP contribution in [0.1, 0.15) is 37.3 Å². The van der Waals surface area contributed by atoms with E-state index in [1.54, 1.807) is 0 Å². The van der Waals surface area contributed by atoms with Crippen molar-refractivity contribution in [2.45, 2.75) is 51.6 Å². The number of amides is 1. The molecule has 2 atom stereocenters. The van der Waals surface area contributed by atoms with E-state index in [0.29, 0.717) is 6.42 Å². The molecule has 1 aromatic rings. The van der Waals surface area contributed by atoms with Crippen molar-refractivity contribution in [2.75, 3.05) is 6.54 Å². The molecule has 1 saturated heterocycles. The Hall–Kier alpha value is -1.06. The molecule has 1 amide bonds. The van der Waals surface area contributed by atoms with Gasteiger partial charge in [0.25, 0.3) is 0 Å². The summed E-state index contributed by atoms with van der Waals surface area (Å²) in [6, 6.07) is 8.47. The van der Waals surface area contributed by atoms with Crippen LogP contribution in [0.4, 0.5) is 0 Å². The van der Waals surface area contributed by atoms with Gasteiger partial charge in [0.05, 0.1) is 6.42 Å². The first-order chi connectivity index (χ1) is 9.08. The summed E-state index contributed by atoms with van der Waals surface area (Å²) < 4.78 is 0. The minimum atomic E-state index is 0. The largest absolute Gasteiger partial charge is 0.338 e. The Morgan fingerprint density at radius 3 is 2.60 bits per heavy atom. The molecule has 112 valence electrons. The van der Waals surface area contributed by atoms with Crippen LogP contribution in [0.15, 0.2) is 24.3 Å². The fourth-order valence-electron chi connectivity index (χ4n) is 2.80. The quantitative estimate of drug-likeness (QED) is 0.932. The molecule has 1 aliphatic heterocycles. The fourth-order valence-corrected chi connectivity index (χ4v) is 2.80. The molecule has 0 aliphatic carbocycles. The third kappa shape index (κ3) is 4.22. The van der Waals surface area contributed by atoms with Crippen molar-refractivity contribution in [1.29, 1.82) is 0 Å². The number of piperidine rings is 1. The van der Waals surface area contributed by atoms with E-state index in [1.807, 2.05) is 24.0 Å². The highest BCUT2D eigenvalue weighted by atomic mass is 35.5. The topological polar surface area (TPSA) is 46.3 Å². The third-order valence-electron chi connectivity index (χ3n) is 3.95. The SMILES string of the molecule is Cc1ccc(CC(=O)N2CCCCC2C(C)N)cc1.Cl. The van der Waals surface area contributed by atoms with E-state index >= 15 is 0 Å². The van der Waals surface area contributed by atoms with Crippen LogP contribution in [0.2, 0.25) is 0 Å². The summed E-state index contributed by atoms with van der Waals surface area (Å²) in [4.78, 5) is 14.4. The molecular formula is C16H25ClN2O. The molecule has 1 heterocycles. The first kappa shape index (κ1) is 17.0. The van der Waals surface area contributed by atoms with E-state index in [2.05, 4.69) is 19.1 Å². The van der Waals surface area contributed by atoms with Gasteiger partial charge < -0.3 is 10.6 Å². The summed E-state index contributed by atoms with van der Waals surface area (Å²) in [7, 11) is 0. The zero-order chi connectivity index (χ0) is 13.8. The molecule has 1 fully saturated rings. The second-order valence-electron chi connectivity index (χ2n) is 5.67. The van der Waals surface area contributed by atoms with Crippen LogP contribution in [0.25, 0.3) is 0 Å². The second kappa shape index (κ2) is 7.65. The maximum Gasteiger partial charge on any atom is 0.227 e. The Morgan fingerprint density at radius 1 is 1.35 bits per heavy atom. The molecule has 0 radical (unpaired) electrons. The highest BCUT2D eigenvalue weighted by Gasteiger charge is 2.28. The lowest BCUT2D eigenvalue weighted by Crippen LogP contribution is -2.52. The normalized spacial score (nSPS) is 20.1. The standard InChI is InChI=1S/C16H24N2O.ClH/c1-12-6-8-14(9-7-12)11-16(19)18-10-4-3-5-15(18)13(2)17;/h6-9,13,15H,3-5,10-11,17H2,1-2H3;1H. The van der Waals surface area contributed by atoms with Crippen molar-refractivity contribution in [3.8, 4) is 0 Å². The third-order valence-corrected chi connectivity index (χ3v) is 3.95. The van der Waals surface area contributed by atoms with Gasteiger partial charge in [0.1, 0.15) is 0 Å². The number of benzene rings is 1. The van der Waals surface area contributed by atoms with Crippen LogP contribution in [0.3, 0.4) is 0 Å². The van der Waals surface area contributed by atoms with Crippen LogP contribution in [0, 0.1) is 6.92 Å². The molecule has 2 unspecified atom stereocenters. The summed E-state index contributed by atoms with van der Waals surface area (Å²) in [5.74, 6) is 0.214. The van der Waals surface area contributed by atoms with Crippen LogP contribution in [-0.2, 0) is 11.2 Å². The Bertz CT molecular complexity index is 431. The number of nitrogens with zero attached hydrogens (tertiary/aromatic N) is 1. The molecule has 1 aliphatic rings. The van der Waals surface area contributed by atoms with Crippen molar-refractivity contribution in [3.63, 3.8) is 0 Å². The van der Waals surface area contributed by atoms with Crippen molar-refractivity contribution in [3.05, 3.63) is 35.4 Å². The first-order valence-corrected chi connectivity index (χ1v) is 7.18. The first-order valence-electron chi connectivity index (χ1n) is 7.18. The van der Waals surface area contributed by atoms with Gasteiger partial charge in [0, 0.05) is 18.6 Å². The van der Waals surface area contributed by atoms with Crippen LogP contribution < -0.4 is 5.73 Å².